The molecule has 2 aliphatic rings. The summed E-state index contributed by atoms with van der Waals surface area (Å²) in [6.45, 7) is 3.15. The standard InChI is InChI=1S/C20H24N6OS/c1-23(2)28-26-13-15(26)12-24-8-4-14(5-9-24)25-10-6-18(27)17-11-22-20-16(19(17)25)3-7-21-20/h3,6-7,10-11,13-14H,4-5,8-9,12H2,1-2H3,(H,21,22). The Bertz CT molecular complexity index is 1110. The first-order valence-electron chi connectivity index (χ1n) is 9.65. The highest BCUT2D eigenvalue weighted by molar-refractivity contribution is 7.95. The van der Waals surface area contributed by atoms with Gasteiger partial charge in [-0.05, 0) is 33.0 Å². The van der Waals surface area contributed by atoms with Gasteiger partial charge in [-0.15, -0.1) is 0 Å². The van der Waals surface area contributed by atoms with Crippen molar-refractivity contribution in [3.8, 4) is 0 Å². The van der Waals surface area contributed by atoms with Gasteiger partial charge in [0.2, 0.25) is 0 Å². The zero-order chi connectivity index (χ0) is 19.3. The van der Waals surface area contributed by atoms with E-state index in [1.54, 1.807) is 24.4 Å². The van der Waals surface area contributed by atoms with Crippen LogP contribution >= 0.6 is 12.1 Å². The molecule has 3 aromatic heterocycles. The van der Waals surface area contributed by atoms with Crippen LogP contribution in [0, 0.1) is 0 Å². The molecule has 2 aliphatic heterocycles. The topological polar surface area (TPSA) is 60.2 Å². The third-order valence-electron chi connectivity index (χ3n) is 5.54. The Balaban J connectivity index is 1.34. The summed E-state index contributed by atoms with van der Waals surface area (Å²) in [5, 5.41) is 1.73. The van der Waals surface area contributed by atoms with Gasteiger partial charge in [-0.2, -0.15) is 0 Å². The molecule has 28 heavy (non-hydrogen) atoms. The number of hydrogen-bond donors (Lipinski definition) is 1. The van der Waals surface area contributed by atoms with Gasteiger partial charge in [0.1, 0.15) is 5.65 Å². The molecule has 5 rings (SSSR count). The molecule has 8 heteroatoms. The summed E-state index contributed by atoms with van der Waals surface area (Å²) in [7, 11) is 4.12. The summed E-state index contributed by atoms with van der Waals surface area (Å²) in [5.41, 5.74) is 3.28. The van der Waals surface area contributed by atoms with E-state index < -0.39 is 0 Å². The largest absolute Gasteiger partial charge is 0.346 e. The lowest BCUT2D eigenvalue weighted by molar-refractivity contribution is 0.201. The molecule has 0 saturated carbocycles. The van der Waals surface area contributed by atoms with Crippen molar-refractivity contribution >= 4 is 34.1 Å². The van der Waals surface area contributed by atoms with Gasteiger partial charge < -0.3 is 9.55 Å². The van der Waals surface area contributed by atoms with Crippen LogP contribution in [-0.4, -0.2) is 61.8 Å². The van der Waals surface area contributed by atoms with Gasteiger partial charge in [-0.3, -0.25) is 14.0 Å². The first-order chi connectivity index (χ1) is 13.6. The van der Waals surface area contributed by atoms with E-state index in [0.29, 0.717) is 11.4 Å². The van der Waals surface area contributed by atoms with Crippen molar-refractivity contribution in [3.63, 3.8) is 0 Å². The van der Waals surface area contributed by atoms with Crippen molar-refractivity contribution in [2.45, 2.75) is 18.9 Å². The fourth-order valence-corrected chi connectivity index (χ4v) is 4.81. The predicted molar refractivity (Wildman–Crippen MR) is 114 cm³/mol. The highest BCUT2D eigenvalue weighted by Crippen LogP contribution is 2.34. The number of aromatic nitrogens is 3. The molecular weight excluding hydrogens is 372 g/mol. The molecule has 0 bridgehead atoms. The molecule has 0 amide bonds. The van der Waals surface area contributed by atoms with Crippen molar-refractivity contribution in [2.75, 3.05) is 33.7 Å². The second kappa shape index (κ2) is 6.95. The van der Waals surface area contributed by atoms with Crippen LogP contribution in [0.1, 0.15) is 18.9 Å². The molecular formula is C20H24N6OS. The number of nitrogens with one attached hydrogen (secondary N) is 1. The van der Waals surface area contributed by atoms with Gasteiger partial charge in [0.15, 0.2) is 5.43 Å². The lowest BCUT2D eigenvalue weighted by Gasteiger charge is -2.33. The summed E-state index contributed by atoms with van der Waals surface area (Å²) in [6.07, 6.45) is 9.94. The fourth-order valence-electron chi connectivity index (χ4n) is 4.12. The monoisotopic (exact) mass is 396 g/mol. The molecule has 0 aliphatic carbocycles. The SMILES string of the molecule is CN(C)SN1C=C1CN1CCC(n2ccc(=O)c3cnc4[nH]ccc4c32)CC1. The minimum Gasteiger partial charge on any atom is -0.346 e. The molecule has 1 saturated heterocycles. The van der Waals surface area contributed by atoms with Gasteiger partial charge in [-0.1, -0.05) is 0 Å². The number of nitrogens with zero attached hydrogens (tertiary/aromatic N) is 5. The van der Waals surface area contributed by atoms with Crippen molar-refractivity contribution in [2.24, 2.45) is 0 Å². The predicted octanol–water partition coefficient (Wildman–Crippen LogP) is 2.80. The Labute approximate surface area is 167 Å². The van der Waals surface area contributed by atoms with Gasteiger partial charge in [0, 0.05) is 74.1 Å². The molecule has 1 fully saturated rings. The Morgan fingerprint density at radius 3 is 2.86 bits per heavy atom. The third-order valence-corrected chi connectivity index (χ3v) is 6.38. The maximum absolute atomic E-state index is 12.4. The molecule has 7 nitrogen and oxygen atoms in total. The number of aromatic amines is 1. The summed E-state index contributed by atoms with van der Waals surface area (Å²) in [6, 6.07) is 4.10. The molecule has 0 unspecified atom stereocenters. The molecule has 0 spiro atoms. The molecule has 0 radical (unpaired) electrons. The Morgan fingerprint density at radius 2 is 2.07 bits per heavy atom. The first-order valence-corrected chi connectivity index (χ1v) is 10.4. The van der Waals surface area contributed by atoms with E-state index in [-0.39, 0.29) is 5.43 Å². The minimum absolute atomic E-state index is 0.0402. The maximum atomic E-state index is 12.4. The van der Waals surface area contributed by atoms with Gasteiger partial charge in [0.25, 0.3) is 0 Å². The molecule has 146 valence electrons. The maximum Gasteiger partial charge on any atom is 0.190 e. The second-order valence-corrected chi connectivity index (χ2v) is 8.98. The summed E-state index contributed by atoms with van der Waals surface area (Å²) in [5.74, 6) is 0. The number of fused-ring (bicyclic) bond motifs is 3. The van der Waals surface area contributed by atoms with Gasteiger partial charge in [-0.25, -0.2) is 9.29 Å². The highest BCUT2D eigenvalue weighted by atomic mass is 32.2. The zero-order valence-corrected chi connectivity index (χ0v) is 16.9. The van der Waals surface area contributed by atoms with E-state index in [1.807, 2.05) is 18.5 Å². The number of hydrogen-bond acceptors (Lipinski definition) is 6. The fraction of sp³-hybridized carbons (Fsp3) is 0.400. The Hall–Kier alpha value is -2.29. The second-order valence-electron chi connectivity index (χ2n) is 7.70. The van der Waals surface area contributed by atoms with Crippen LogP contribution in [-0.2, 0) is 0 Å². The van der Waals surface area contributed by atoms with Crippen molar-refractivity contribution in [1.29, 1.82) is 0 Å². The molecule has 5 heterocycles. The van der Waals surface area contributed by atoms with Gasteiger partial charge in [0.05, 0.1) is 16.6 Å². The van der Waals surface area contributed by atoms with Crippen LogP contribution in [0.3, 0.4) is 0 Å². The number of piperidine rings is 1. The lowest BCUT2D eigenvalue weighted by atomic mass is 10.0. The van der Waals surface area contributed by atoms with Crippen LogP contribution in [0.15, 0.2) is 47.4 Å². The van der Waals surface area contributed by atoms with Crippen LogP contribution in [0.5, 0.6) is 0 Å². The van der Waals surface area contributed by atoms with Crippen molar-refractivity contribution < 1.29 is 0 Å². The Kier molecular flexibility index (Phi) is 4.41. The van der Waals surface area contributed by atoms with E-state index in [4.69, 9.17) is 0 Å². The third kappa shape index (κ3) is 3.21. The molecule has 0 aromatic carbocycles. The summed E-state index contributed by atoms with van der Waals surface area (Å²) >= 11 is 1.72. The van der Waals surface area contributed by atoms with E-state index >= 15 is 0 Å². The average molecular weight is 397 g/mol. The van der Waals surface area contributed by atoms with Crippen LogP contribution in [0.2, 0.25) is 0 Å². The quantitative estimate of drug-likeness (QED) is 0.669. The number of pyridine rings is 2. The smallest absolute Gasteiger partial charge is 0.190 e. The minimum atomic E-state index is 0.0402. The number of rotatable bonds is 5. The van der Waals surface area contributed by atoms with Crippen LogP contribution in [0.25, 0.3) is 21.9 Å². The lowest BCUT2D eigenvalue weighted by Crippen LogP contribution is -2.35. The van der Waals surface area contributed by atoms with E-state index in [0.717, 1.165) is 49.0 Å². The van der Waals surface area contributed by atoms with Crippen molar-refractivity contribution in [3.05, 3.63) is 52.8 Å². The highest BCUT2D eigenvalue weighted by Gasteiger charge is 2.28. The van der Waals surface area contributed by atoms with Crippen LogP contribution < -0.4 is 5.43 Å². The zero-order valence-electron chi connectivity index (χ0n) is 16.1. The van der Waals surface area contributed by atoms with E-state index in [2.05, 4.69) is 48.3 Å². The average Bonchev–Trinajstić information content (AvgIpc) is 3.20. The summed E-state index contributed by atoms with van der Waals surface area (Å²) in [4.78, 5) is 22.5. The summed E-state index contributed by atoms with van der Waals surface area (Å²) < 4.78 is 6.64. The number of likely N-dealkylation sites (tertiary alicyclic amines) is 1. The van der Waals surface area contributed by atoms with Gasteiger partial charge >= 0.3 is 0 Å². The van der Waals surface area contributed by atoms with E-state index in [9.17, 15) is 4.79 Å². The van der Waals surface area contributed by atoms with E-state index in [1.165, 1.54) is 5.70 Å². The molecule has 3 aromatic rings. The normalized spacial score (nSPS) is 18.4. The first kappa shape index (κ1) is 17.8. The van der Waals surface area contributed by atoms with Crippen LogP contribution in [0.4, 0.5) is 0 Å². The molecule has 0 atom stereocenters. The Morgan fingerprint density at radius 1 is 1.25 bits per heavy atom. The molecule has 1 N–H and O–H groups in total. The number of H-pyrrole nitrogens is 1. The van der Waals surface area contributed by atoms with Crippen molar-refractivity contribution in [1.82, 2.24) is 28.0 Å².